The normalized spacial score (nSPS) is 23.0. The van der Waals surface area contributed by atoms with Gasteiger partial charge in [0.15, 0.2) is 10.3 Å². The molecule has 2 nitrogen and oxygen atoms in total. The van der Waals surface area contributed by atoms with Crippen LogP contribution in [0.1, 0.15) is 6.92 Å². The minimum Gasteiger partial charge on any atom is -0.224 e. The lowest BCUT2D eigenvalue weighted by Gasteiger charge is -2.23. The SMILES string of the molecule is CC(C(Cl)Cl)C1(Cl)N=C(Cl)C(Cl)=N1. The Kier molecular flexibility index (Phi) is 3.75. The summed E-state index contributed by atoms with van der Waals surface area (Å²) >= 11 is 28.5. The van der Waals surface area contributed by atoms with E-state index < -0.39 is 9.96 Å². The molecule has 0 fully saturated rings. The highest BCUT2D eigenvalue weighted by Crippen LogP contribution is 2.38. The van der Waals surface area contributed by atoms with Gasteiger partial charge in [-0.15, -0.1) is 23.2 Å². The first kappa shape index (κ1) is 11.9. The summed E-state index contributed by atoms with van der Waals surface area (Å²) in [4.78, 5) is 7.05. The van der Waals surface area contributed by atoms with E-state index in [2.05, 4.69) is 9.98 Å². The molecule has 0 spiro atoms. The average Bonchev–Trinajstić information content (AvgIpc) is 2.26. The Morgan fingerprint density at radius 1 is 1.15 bits per heavy atom. The molecule has 0 aromatic carbocycles. The first-order valence-electron chi connectivity index (χ1n) is 3.35. The molecule has 0 aliphatic carbocycles. The van der Waals surface area contributed by atoms with Gasteiger partial charge in [0.1, 0.15) is 4.84 Å². The lowest BCUT2D eigenvalue weighted by atomic mass is 10.1. The van der Waals surface area contributed by atoms with Crippen LogP contribution in [0.25, 0.3) is 0 Å². The Bertz CT molecular complexity index is 254. The van der Waals surface area contributed by atoms with E-state index in [4.69, 9.17) is 58.0 Å². The summed E-state index contributed by atoms with van der Waals surface area (Å²) in [7, 11) is 0. The first-order valence-corrected chi connectivity index (χ1v) is 5.35. The maximum Gasteiger partial charge on any atom is 0.233 e. The molecule has 13 heavy (non-hydrogen) atoms. The molecule has 0 bridgehead atoms. The number of halogens is 5. The Morgan fingerprint density at radius 2 is 1.54 bits per heavy atom. The van der Waals surface area contributed by atoms with E-state index in [1.54, 1.807) is 6.92 Å². The summed E-state index contributed by atoms with van der Waals surface area (Å²) in [5.74, 6) is -0.373. The predicted octanol–water partition coefficient (Wildman–Crippen LogP) is 3.61. The molecule has 0 N–H and O–H groups in total. The molecule has 0 saturated heterocycles. The molecule has 0 saturated carbocycles. The van der Waals surface area contributed by atoms with Gasteiger partial charge in [-0.05, 0) is 0 Å². The van der Waals surface area contributed by atoms with Crippen molar-refractivity contribution in [2.24, 2.45) is 15.9 Å². The summed E-state index contributed by atoms with van der Waals surface area (Å²) in [5.41, 5.74) is 0. The number of alkyl halides is 3. The fourth-order valence-corrected chi connectivity index (χ4v) is 1.96. The van der Waals surface area contributed by atoms with Crippen molar-refractivity contribution < 1.29 is 0 Å². The summed E-state index contributed by atoms with van der Waals surface area (Å²) in [6.07, 6.45) is 0. The smallest absolute Gasteiger partial charge is 0.224 e. The molecular formula is C6H5Cl5N2. The number of aliphatic imine (C=N–C) groups is 2. The lowest BCUT2D eigenvalue weighted by Crippen LogP contribution is -2.28. The molecule has 0 aromatic rings. The number of nitrogens with zero attached hydrogens (tertiary/aromatic N) is 2. The van der Waals surface area contributed by atoms with E-state index in [9.17, 15) is 0 Å². The van der Waals surface area contributed by atoms with Gasteiger partial charge in [0.2, 0.25) is 5.12 Å². The van der Waals surface area contributed by atoms with Crippen molar-refractivity contribution in [2.45, 2.75) is 16.9 Å². The van der Waals surface area contributed by atoms with Gasteiger partial charge >= 0.3 is 0 Å². The van der Waals surface area contributed by atoms with Gasteiger partial charge in [-0.3, -0.25) is 0 Å². The van der Waals surface area contributed by atoms with Crippen molar-refractivity contribution in [1.29, 1.82) is 0 Å². The van der Waals surface area contributed by atoms with Gasteiger partial charge in [-0.1, -0.05) is 41.7 Å². The monoisotopic (exact) mass is 280 g/mol. The molecule has 1 heterocycles. The van der Waals surface area contributed by atoms with E-state index in [0.29, 0.717) is 0 Å². The molecule has 1 aliphatic rings. The van der Waals surface area contributed by atoms with E-state index in [0.717, 1.165) is 0 Å². The van der Waals surface area contributed by atoms with E-state index >= 15 is 0 Å². The maximum absolute atomic E-state index is 5.99. The van der Waals surface area contributed by atoms with Gasteiger partial charge in [-0.25, -0.2) is 9.98 Å². The lowest BCUT2D eigenvalue weighted by molar-refractivity contribution is 0.453. The Labute approximate surface area is 101 Å². The standard InChI is InChI=1S/C6H5Cl5N2/c1-2(3(7)8)6(11)12-4(9)5(10)13-6/h2-3H,1H3. The van der Waals surface area contributed by atoms with Crippen LogP contribution in [0.15, 0.2) is 9.98 Å². The Hall–Kier alpha value is 0.790. The third kappa shape index (κ3) is 2.42. The molecule has 1 aliphatic heterocycles. The molecule has 1 rings (SSSR count). The van der Waals surface area contributed by atoms with Gasteiger partial charge < -0.3 is 0 Å². The minimum atomic E-state index is -1.26. The summed E-state index contributed by atoms with van der Waals surface area (Å²) in [6.45, 7) is 1.71. The highest BCUT2D eigenvalue weighted by atomic mass is 35.5. The van der Waals surface area contributed by atoms with Crippen molar-refractivity contribution in [2.75, 3.05) is 0 Å². The highest BCUT2D eigenvalue weighted by molar-refractivity contribution is 7.01. The van der Waals surface area contributed by atoms with Crippen LogP contribution >= 0.6 is 58.0 Å². The van der Waals surface area contributed by atoms with Gasteiger partial charge in [0.05, 0.1) is 0 Å². The van der Waals surface area contributed by atoms with E-state index in [1.807, 2.05) is 0 Å². The van der Waals surface area contributed by atoms with Gasteiger partial charge in [0, 0.05) is 5.92 Å². The second kappa shape index (κ2) is 4.11. The van der Waals surface area contributed by atoms with Crippen LogP contribution in [0.5, 0.6) is 0 Å². The summed E-state index contributed by atoms with van der Waals surface area (Å²) in [6, 6.07) is 0. The first-order chi connectivity index (χ1) is 5.87. The quantitative estimate of drug-likeness (QED) is 0.546. The Morgan fingerprint density at radius 3 is 1.85 bits per heavy atom. The molecule has 1 atom stereocenters. The second-order valence-electron chi connectivity index (χ2n) is 2.56. The number of rotatable bonds is 2. The minimum absolute atomic E-state index is 0.0810. The van der Waals surface area contributed by atoms with Crippen molar-refractivity contribution in [3.63, 3.8) is 0 Å². The number of hydrogen-bond acceptors (Lipinski definition) is 2. The third-order valence-corrected chi connectivity index (χ3v) is 3.53. The Balaban J connectivity index is 2.93. The molecule has 0 radical (unpaired) electrons. The summed E-state index contributed by atoms with van der Waals surface area (Å²) < 4.78 is 0. The van der Waals surface area contributed by atoms with Gasteiger partial charge in [0.25, 0.3) is 0 Å². The maximum atomic E-state index is 5.99. The molecular weight excluding hydrogens is 277 g/mol. The zero-order valence-electron chi connectivity index (χ0n) is 6.44. The van der Waals surface area contributed by atoms with Crippen LogP contribution in [0.4, 0.5) is 0 Å². The second-order valence-corrected chi connectivity index (χ2v) is 5.00. The van der Waals surface area contributed by atoms with Crippen molar-refractivity contribution in [3.8, 4) is 0 Å². The molecule has 74 valence electrons. The van der Waals surface area contributed by atoms with Crippen LogP contribution in [0.3, 0.4) is 0 Å². The summed E-state index contributed by atoms with van der Waals surface area (Å²) in [5, 5.41) is -1.10. The fourth-order valence-electron chi connectivity index (χ4n) is 0.757. The molecule has 1 unspecified atom stereocenters. The number of hydrogen-bond donors (Lipinski definition) is 0. The zero-order valence-corrected chi connectivity index (χ0v) is 10.2. The van der Waals surface area contributed by atoms with Gasteiger partial charge in [-0.2, -0.15) is 0 Å². The van der Waals surface area contributed by atoms with Crippen LogP contribution in [0, 0.1) is 5.92 Å². The van der Waals surface area contributed by atoms with Crippen LogP contribution < -0.4 is 0 Å². The molecule has 0 aromatic heterocycles. The van der Waals surface area contributed by atoms with Crippen molar-refractivity contribution >= 4 is 68.3 Å². The van der Waals surface area contributed by atoms with Crippen LogP contribution in [-0.2, 0) is 0 Å². The highest BCUT2D eigenvalue weighted by Gasteiger charge is 2.41. The molecule has 0 amide bonds. The predicted molar refractivity (Wildman–Crippen MR) is 59.8 cm³/mol. The van der Waals surface area contributed by atoms with E-state index in [1.165, 1.54) is 0 Å². The van der Waals surface area contributed by atoms with Crippen LogP contribution in [0.2, 0.25) is 0 Å². The van der Waals surface area contributed by atoms with Crippen LogP contribution in [-0.4, -0.2) is 20.3 Å². The van der Waals surface area contributed by atoms with Crippen molar-refractivity contribution in [3.05, 3.63) is 0 Å². The average molecular weight is 282 g/mol. The topological polar surface area (TPSA) is 24.7 Å². The van der Waals surface area contributed by atoms with Crippen molar-refractivity contribution in [1.82, 2.24) is 0 Å². The zero-order chi connectivity index (χ0) is 10.2. The van der Waals surface area contributed by atoms with E-state index in [-0.39, 0.29) is 16.3 Å². The largest absolute Gasteiger partial charge is 0.233 e. The third-order valence-electron chi connectivity index (χ3n) is 1.64. The fraction of sp³-hybridized carbons (Fsp3) is 0.667. The molecule has 7 heteroatoms.